The van der Waals surface area contributed by atoms with E-state index in [2.05, 4.69) is 67.4 Å². The Morgan fingerprint density at radius 3 is 1.31 bits per heavy atom. The topological polar surface area (TPSA) is 55.8 Å². The van der Waals surface area contributed by atoms with Gasteiger partial charge in [0.05, 0.1) is 0 Å². The number of nitrogens with zero attached hydrogens (tertiary/aromatic N) is 1. The van der Waals surface area contributed by atoms with Crippen molar-refractivity contribution in [3.05, 3.63) is 48.6 Å². The van der Waals surface area contributed by atoms with Crippen molar-refractivity contribution in [3.63, 3.8) is 0 Å². The Kier molecular flexibility index (Phi) is 36.0. The second kappa shape index (κ2) is 37.7. The summed E-state index contributed by atoms with van der Waals surface area (Å²) in [7, 11) is 4.08. The molecule has 0 unspecified atom stereocenters. The molecule has 0 bridgehead atoms. The SMILES string of the molecule is CC/C=C\CCCC/C=C\CCCCCCCC(=O)OC[C@H](CCCN(C)C)OC(=O)CCCCCCC/C=C\CCCC/C=C\CC. The molecule has 0 amide bonds. The van der Waals surface area contributed by atoms with Gasteiger partial charge in [0.25, 0.3) is 0 Å². The number of allylic oxidation sites excluding steroid dienone is 8. The highest BCUT2D eigenvalue weighted by atomic mass is 16.6. The van der Waals surface area contributed by atoms with Crippen molar-refractivity contribution in [2.45, 2.75) is 187 Å². The third-order valence-electron chi connectivity index (χ3n) is 8.48. The molecule has 0 saturated heterocycles. The summed E-state index contributed by atoms with van der Waals surface area (Å²) in [6.07, 6.45) is 46.1. The molecular weight excluding hydrogens is 594 g/mol. The third kappa shape index (κ3) is 36.7. The average Bonchev–Trinajstić information content (AvgIpc) is 3.06. The second-order valence-electron chi connectivity index (χ2n) is 13.6. The Morgan fingerprint density at radius 1 is 0.500 bits per heavy atom. The van der Waals surface area contributed by atoms with Gasteiger partial charge in [-0.1, -0.05) is 101 Å². The lowest BCUT2D eigenvalue weighted by molar-refractivity contribution is -0.159. The van der Waals surface area contributed by atoms with Crippen LogP contribution in [0.5, 0.6) is 0 Å². The van der Waals surface area contributed by atoms with Crippen molar-refractivity contribution in [1.29, 1.82) is 0 Å². The van der Waals surface area contributed by atoms with Crippen LogP contribution in [0.1, 0.15) is 181 Å². The van der Waals surface area contributed by atoms with Gasteiger partial charge < -0.3 is 14.4 Å². The fraction of sp³-hybridized carbons (Fsp3) is 0.767. The van der Waals surface area contributed by atoms with Gasteiger partial charge in [0.2, 0.25) is 0 Å². The highest BCUT2D eigenvalue weighted by molar-refractivity contribution is 5.70. The Balaban J connectivity index is 3.96. The van der Waals surface area contributed by atoms with Crippen LogP contribution in [0.4, 0.5) is 0 Å². The number of rotatable bonds is 35. The number of esters is 2. The summed E-state index contributed by atoms with van der Waals surface area (Å²) in [5.74, 6) is -0.338. The molecule has 0 N–H and O–H groups in total. The normalized spacial score (nSPS) is 12.8. The maximum Gasteiger partial charge on any atom is 0.306 e. The Bertz CT molecular complexity index is 829. The van der Waals surface area contributed by atoms with Crippen LogP contribution in [-0.4, -0.2) is 50.2 Å². The van der Waals surface area contributed by atoms with Crippen LogP contribution < -0.4 is 0 Å². The summed E-state index contributed by atoms with van der Waals surface area (Å²) in [6.45, 7) is 5.45. The molecule has 0 aromatic rings. The summed E-state index contributed by atoms with van der Waals surface area (Å²) in [4.78, 5) is 27.1. The number of hydrogen-bond acceptors (Lipinski definition) is 5. The lowest BCUT2D eigenvalue weighted by Crippen LogP contribution is -2.26. The second-order valence-corrected chi connectivity index (χ2v) is 13.6. The van der Waals surface area contributed by atoms with Gasteiger partial charge in [0.15, 0.2) is 0 Å². The summed E-state index contributed by atoms with van der Waals surface area (Å²) in [5.41, 5.74) is 0. The van der Waals surface area contributed by atoms with Gasteiger partial charge in [-0.2, -0.15) is 0 Å². The quantitative estimate of drug-likeness (QED) is 0.0381. The monoisotopic (exact) mass is 672 g/mol. The first kappa shape index (κ1) is 45.9. The van der Waals surface area contributed by atoms with Crippen LogP contribution >= 0.6 is 0 Å². The fourth-order valence-corrected chi connectivity index (χ4v) is 5.53. The molecule has 5 nitrogen and oxygen atoms in total. The van der Waals surface area contributed by atoms with Gasteiger partial charge in [-0.05, 0) is 136 Å². The number of carbonyl (C=O) groups excluding carboxylic acids is 2. The summed E-state index contributed by atoms with van der Waals surface area (Å²) in [6, 6.07) is 0. The van der Waals surface area contributed by atoms with Crippen LogP contribution in [0, 0.1) is 0 Å². The zero-order valence-corrected chi connectivity index (χ0v) is 32.1. The smallest absolute Gasteiger partial charge is 0.306 e. The molecular formula is C43H77NO4. The zero-order chi connectivity index (χ0) is 35.2. The van der Waals surface area contributed by atoms with Crippen molar-refractivity contribution in [2.24, 2.45) is 0 Å². The molecule has 0 aromatic carbocycles. The largest absolute Gasteiger partial charge is 0.462 e. The van der Waals surface area contributed by atoms with E-state index in [1.807, 2.05) is 14.1 Å². The first-order valence-electron chi connectivity index (χ1n) is 20.1. The molecule has 0 radical (unpaired) electrons. The molecule has 0 aliphatic rings. The molecule has 278 valence electrons. The highest BCUT2D eigenvalue weighted by Gasteiger charge is 2.17. The van der Waals surface area contributed by atoms with Gasteiger partial charge in [-0.25, -0.2) is 0 Å². The van der Waals surface area contributed by atoms with E-state index in [0.717, 1.165) is 77.2 Å². The molecule has 0 spiro atoms. The standard InChI is InChI=1S/C43H77NO4/c1-5-7-9-11-13-15-17-19-21-23-25-27-29-31-33-37-42(45)47-40-41(36-35-39-44(3)4)48-43(46)38-34-32-30-28-26-24-22-20-18-16-14-12-10-8-6-2/h7-10,19-22,41H,5-6,11-18,23-40H2,1-4H3/b9-7-,10-8-,21-19-,22-20-/t41-/m0/s1. The predicted octanol–water partition coefficient (Wildman–Crippen LogP) is 12.4. The fourth-order valence-electron chi connectivity index (χ4n) is 5.53. The maximum absolute atomic E-state index is 12.6. The molecule has 0 aliphatic heterocycles. The third-order valence-corrected chi connectivity index (χ3v) is 8.48. The van der Waals surface area contributed by atoms with Gasteiger partial charge in [0.1, 0.15) is 12.7 Å². The van der Waals surface area contributed by atoms with E-state index in [1.54, 1.807) is 0 Å². The van der Waals surface area contributed by atoms with Crippen LogP contribution in [0.15, 0.2) is 48.6 Å². The van der Waals surface area contributed by atoms with Crippen molar-refractivity contribution < 1.29 is 19.1 Å². The van der Waals surface area contributed by atoms with E-state index < -0.39 is 0 Å². The molecule has 0 rings (SSSR count). The Morgan fingerprint density at radius 2 is 0.875 bits per heavy atom. The summed E-state index contributed by atoms with van der Waals surface area (Å²) in [5, 5.41) is 0. The van der Waals surface area contributed by atoms with Gasteiger partial charge >= 0.3 is 11.9 Å². The maximum atomic E-state index is 12.6. The lowest BCUT2D eigenvalue weighted by atomic mass is 10.1. The van der Waals surface area contributed by atoms with E-state index in [4.69, 9.17) is 9.47 Å². The van der Waals surface area contributed by atoms with E-state index in [-0.39, 0.29) is 24.6 Å². The molecule has 5 heteroatoms. The Labute approximate surface area is 298 Å². The van der Waals surface area contributed by atoms with Crippen molar-refractivity contribution in [1.82, 2.24) is 4.90 Å². The van der Waals surface area contributed by atoms with E-state index >= 15 is 0 Å². The summed E-state index contributed by atoms with van der Waals surface area (Å²) < 4.78 is 11.3. The molecule has 0 heterocycles. The molecule has 0 saturated carbocycles. The molecule has 0 fully saturated rings. The molecule has 0 aliphatic carbocycles. The van der Waals surface area contributed by atoms with E-state index in [9.17, 15) is 9.59 Å². The van der Waals surface area contributed by atoms with E-state index in [1.165, 1.54) is 77.0 Å². The molecule has 48 heavy (non-hydrogen) atoms. The molecule has 0 aromatic heterocycles. The average molecular weight is 672 g/mol. The number of hydrogen-bond donors (Lipinski definition) is 0. The minimum atomic E-state index is -0.355. The van der Waals surface area contributed by atoms with Crippen LogP contribution in [0.3, 0.4) is 0 Å². The number of carbonyl (C=O) groups is 2. The van der Waals surface area contributed by atoms with Crippen molar-refractivity contribution in [3.8, 4) is 0 Å². The van der Waals surface area contributed by atoms with Crippen LogP contribution in [-0.2, 0) is 19.1 Å². The summed E-state index contributed by atoms with van der Waals surface area (Å²) >= 11 is 0. The predicted molar refractivity (Wildman–Crippen MR) is 207 cm³/mol. The highest BCUT2D eigenvalue weighted by Crippen LogP contribution is 2.13. The number of ether oxygens (including phenoxy) is 2. The number of unbranched alkanes of at least 4 members (excludes halogenated alkanes) is 16. The molecule has 1 atom stereocenters. The zero-order valence-electron chi connectivity index (χ0n) is 32.1. The van der Waals surface area contributed by atoms with Gasteiger partial charge in [-0.15, -0.1) is 0 Å². The van der Waals surface area contributed by atoms with E-state index in [0.29, 0.717) is 19.3 Å². The minimum absolute atomic E-state index is 0.163. The Hall–Kier alpha value is -2.14. The first-order valence-corrected chi connectivity index (χ1v) is 20.1. The van der Waals surface area contributed by atoms with Crippen LogP contribution in [0.2, 0.25) is 0 Å². The van der Waals surface area contributed by atoms with Gasteiger partial charge in [0, 0.05) is 12.8 Å². The lowest BCUT2D eigenvalue weighted by Gasteiger charge is -2.19. The van der Waals surface area contributed by atoms with Crippen molar-refractivity contribution in [2.75, 3.05) is 27.2 Å². The van der Waals surface area contributed by atoms with Gasteiger partial charge in [-0.3, -0.25) is 9.59 Å². The first-order chi connectivity index (χ1) is 23.5. The van der Waals surface area contributed by atoms with Crippen molar-refractivity contribution >= 4 is 11.9 Å². The minimum Gasteiger partial charge on any atom is -0.462 e. The van der Waals surface area contributed by atoms with Crippen LogP contribution in [0.25, 0.3) is 0 Å².